The van der Waals surface area contributed by atoms with Gasteiger partial charge in [0.05, 0.1) is 31.3 Å². The van der Waals surface area contributed by atoms with Crippen LogP contribution in [-0.4, -0.2) is 32.2 Å². The molecule has 0 N–H and O–H groups in total. The molecule has 36 heavy (non-hydrogen) atoms. The SMILES string of the molecule is COc1cc2c(cc1OC)C1=c3ccc(Cl)cc3=NC(c3ccc(-c4ccccc4)cc3)CN1CC2. The average molecular weight is 495 g/mol. The van der Waals surface area contributed by atoms with Crippen molar-refractivity contribution in [2.45, 2.75) is 12.5 Å². The van der Waals surface area contributed by atoms with E-state index in [1.807, 2.05) is 18.2 Å². The molecule has 5 heteroatoms. The van der Waals surface area contributed by atoms with Crippen molar-refractivity contribution in [3.63, 3.8) is 0 Å². The van der Waals surface area contributed by atoms with Crippen LogP contribution < -0.4 is 20.0 Å². The number of benzene rings is 4. The summed E-state index contributed by atoms with van der Waals surface area (Å²) in [7, 11) is 3.36. The molecule has 2 heterocycles. The van der Waals surface area contributed by atoms with Crippen molar-refractivity contribution in [3.05, 3.63) is 117 Å². The number of halogens is 1. The maximum Gasteiger partial charge on any atom is 0.161 e. The minimum Gasteiger partial charge on any atom is -0.493 e. The monoisotopic (exact) mass is 494 g/mol. The number of fused-ring (bicyclic) bond motifs is 4. The van der Waals surface area contributed by atoms with Gasteiger partial charge in [-0.3, -0.25) is 4.99 Å². The molecular formula is C31H27ClN2O2. The fourth-order valence-corrected chi connectivity index (χ4v) is 5.49. The summed E-state index contributed by atoms with van der Waals surface area (Å²) in [5, 5.41) is 2.70. The van der Waals surface area contributed by atoms with Crippen LogP contribution in [-0.2, 0) is 6.42 Å². The first kappa shape index (κ1) is 22.7. The Morgan fingerprint density at radius 3 is 2.31 bits per heavy atom. The average Bonchev–Trinajstić information content (AvgIpc) is 3.09. The molecule has 2 aliphatic heterocycles. The highest BCUT2D eigenvalue weighted by atomic mass is 35.5. The van der Waals surface area contributed by atoms with E-state index in [-0.39, 0.29) is 6.04 Å². The Balaban J connectivity index is 1.49. The van der Waals surface area contributed by atoms with Crippen molar-refractivity contribution >= 4 is 17.3 Å². The molecule has 0 amide bonds. The van der Waals surface area contributed by atoms with Gasteiger partial charge in [-0.05, 0) is 59.0 Å². The molecule has 0 spiro atoms. The number of methoxy groups -OCH3 is 2. The van der Waals surface area contributed by atoms with E-state index in [0.717, 1.165) is 47.1 Å². The van der Waals surface area contributed by atoms with Crippen molar-refractivity contribution in [2.24, 2.45) is 4.99 Å². The number of ether oxygens (including phenoxy) is 2. The number of nitrogens with zero attached hydrogens (tertiary/aromatic N) is 2. The quantitative estimate of drug-likeness (QED) is 0.380. The largest absolute Gasteiger partial charge is 0.493 e. The van der Waals surface area contributed by atoms with Crippen LogP contribution in [0.3, 0.4) is 0 Å². The van der Waals surface area contributed by atoms with Crippen LogP contribution >= 0.6 is 11.6 Å². The van der Waals surface area contributed by atoms with Gasteiger partial charge in [0.1, 0.15) is 0 Å². The van der Waals surface area contributed by atoms with Gasteiger partial charge in [0, 0.05) is 28.9 Å². The Morgan fingerprint density at radius 2 is 1.56 bits per heavy atom. The smallest absolute Gasteiger partial charge is 0.161 e. The molecule has 0 saturated heterocycles. The summed E-state index contributed by atoms with van der Waals surface area (Å²) in [4.78, 5) is 7.71. The van der Waals surface area contributed by atoms with Crippen molar-refractivity contribution in [2.75, 3.05) is 27.3 Å². The molecule has 4 aromatic carbocycles. The first-order chi connectivity index (χ1) is 17.6. The summed E-state index contributed by atoms with van der Waals surface area (Å²) in [6, 6.07) is 29.5. The van der Waals surface area contributed by atoms with Gasteiger partial charge in [-0.2, -0.15) is 0 Å². The minimum absolute atomic E-state index is 0.00812. The van der Waals surface area contributed by atoms with E-state index in [1.165, 1.54) is 28.0 Å². The third-order valence-electron chi connectivity index (χ3n) is 7.14. The Hall–Kier alpha value is -3.76. The molecule has 4 aromatic rings. The van der Waals surface area contributed by atoms with E-state index in [0.29, 0.717) is 5.02 Å². The molecule has 6 rings (SSSR count). The molecule has 0 bridgehead atoms. The third-order valence-corrected chi connectivity index (χ3v) is 7.37. The van der Waals surface area contributed by atoms with Gasteiger partial charge in [-0.25, -0.2) is 0 Å². The van der Waals surface area contributed by atoms with Gasteiger partial charge >= 0.3 is 0 Å². The summed E-state index contributed by atoms with van der Waals surface area (Å²) in [5.74, 6) is 1.49. The fourth-order valence-electron chi connectivity index (χ4n) is 5.32. The summed E-state index contributed by atoms with van der Waals surface area (Å²) in [6.45, 7) is 1.70. The lowest BCUT2D eigenvalue weighted by Gasteiger charge is -2.34. The molecule has 0 aliphatic carbocycles. The van der Waals surface area contributed by atoms with E-state index in [1.54, 1.807) is 14.2 Å². The highest BCUT2D eigenvalue weighted by molar-refractivity contribution is 6.30. The minimum atomic E-state index is -0.00812. The number of hydrogen-bond acceptors (Lipinski definition) is 4. The summed E-state index contributed by atoms with van der Waals surface area (Å²) < 4.78 is 11.2. The van der Waals surface area contributed by atoms with Crippen molar-refractivity contribution in [3.8, 4) is 22.6 Å². The van der Waals surface area contributed by atoms with Crippen molar-refractivity contribution < 1.29 is 9.47 Å². The number of hydrogen-bond donors (Lipinski definition) is 0. The van der Waals surface area contributed by atoms with Crippen LogP contribution in [0.2, 0.25) is 5.02 Å². The summed E-state index contributed by atoms with van der Waals surface area (Å²) >= 11 is 6.46. The first-order valence-corrected chi connectivity index (χ1v) is 12.6. The van der Waals surface area contributed by atoms with Gasteiger partial charge in [-0.1, -0.05) is 66.2 Å². The second kappa shape index (κ2) is 9.36. The zero-order chi connectivity index (χ0) is 24.6. The second-order valence-electron chi connectivity index (χ2n) is 9.20. The van der Waals surface area contributed by atoms with Gasteiger partial charge in [-0.15, -0.1) is 0 Å². The van der Waals surface area contributed by atoms with Gasteiger partial charge in [0.2, 0.25) is 0 Å². The maximum atomic E-state index is 6.46. The lowest BCUT2D eigenvalue weighted by atomic mass is 9.93. The van der Waals surface area contributed by atoms with Crippen LogP contribution in [0, 0.1) is 0 Å². The van der Waals surface area contributed by atoms with Crippen LogP contribution in [0.25, 0.3) is 16.8 Å². The Bertz CT molecular complexity index is 1550. The van der Waals surface area contributed by atoms with Crippen LogP contribution in [0.5, 0.6) is 11.5 Å². The molecule has 0 aromatic heterocycles. The molecule has 0 saturated carbocycles. The Labute approximate surface area is 216 Å². The predicted octanol–water partition coefficient (Wildman–Crippen LogP) is 5.41. The van der Waals surface area contributed by atoms with E-state index in [9.17, 15) is 0 Å². The lowest BCUT2D eigenvalue weighted by molar-refractivity contribution is 0.347. The molecule has 1 atom stereocenters. The van der Waals surface area contributed by atoms with Crippen LogP contribution in [0.15, 0.2) is 89.9 Å². The molecule has 1 unspecified atom stereocenters. The van der Waals surface area contributed by atoms with E-state index in [2.05, 4.69) is 71.6 Å². The Kier molecular flexibility index (Phi) is 5.90. The zero-order valence-electron chi connectivity index (χ0n) is 20.4. The second-order valence-corrected chi connectivity index (χ2v) is 9.64. The molecular weight excluding hydrogens is 468 g/mol. The van der Waals surface area contributed by atoms with Crippen molar-refractivity contribution in [1.82, 2.24) is 4.90 Å². The summed E-state index contributed by atoms with van der Waals surface area (Å²) in [6.07, 6.45) is 0.932. The zero-order valence-corrected chi connectivity index (χ0v) is 21.1. The van der Waals surface area contributed by atoms with Crippen LogP contribution in [0.1, 0.15) is 22.7 Å². The first-order valence-electron chi connectivity index (χ1n) is 12.2. The molecule has 0 fully saturated rings. The fraction of sp³-hybridized carbons (Fsp3) is 0.194. The standard InChI is InChI=1S/C31H27ClN2O2/c1-35-29-16-23-14-15-34-19-28(22-10-8-21(9-11-22)20-6-4-3-5-7-20)33-27-17-24(32)12-13-25(27)31(34)26(23)18-30(29)36-2/h3-13,16-18,28H,14-15,19H2,1-2H3. The van der Waals surface area contributed by atoms with Gasteiger partial charge in [0.25, 0.3) is 0 Å². The normalized spacial score (nSPS) is 16.2. The molecule has 0 radical (unpaired) electrons. The van der Waals surface area contributed by atoms with Crippen molar-refractivity contribution in [1.29, 1.82) is 0 Å². The molecule has 2 aliphatic rings. The Morgan fingerprint density at radius 1 is 0.833 bits per heavy atom. The van der Waals surface area contributed by atoms with E-state index >= 15 is 0 Å². The van der Waals surface area contributed by atoms with E-state index in [4.69, 9.17) is 26.1 Å². The van der Waals surface area contributed by atoms with Crippen LogP contribution in [0.4, 0.5) is 0 Å². The lowest BCUT2D eigenvalue weighted by Crippen LogP contribution is -2.37. The van der Waals surface area contributed by atoms with E-state index < -0.39 is 0 Å². The highest BCUT2D eigenvalue weighted by Gasteiger charge is 2.28. The summed E-state index contributed by atoms with van der Waals surface area (Å²) in [5.41, 5.74) is 7.21. The molecule has 4 nitrogen and oxygen atoms in total. The number of rotatable bonds is 4. The highest BCUT2D eigenvalue weighted by Crippen LogP contribution is 2.38. The van der Waals surface area contributed by atoms with Gasteiger partial charge in [0.15, 0.2) is 11.5 Å². The van der Waals surface area contributed by atoms with Gasteiger partial charge < -0.3 is 14.4 Å². The third kappa shape index (κ3) is 4.02. The topological polar surface area (TPSA) is 34.1 Å². The predicted molar refractivity (Wildman–Crippen MR) is 144 cm³/mol. The maximum absolute atomic E-state index is 6.46. The molecule has 180 valence electrons.